The summed E-state index contributed by atoms with van der Waals surface area (Å²) >= 11 is 0. The van der Waals surface area contributed by atoms with Crippen molar-refractivity contribution in [2.75, 3.05) is 10.6 Å². The number of nitrogens with zero attached hydrogens (tertiary/aromatic N) is 2. The lowest BCUT2D eigenvalue weighted by atomic mass is 10.2. The third-order valence-electron chi connectivity index (χ3n) is 4.06. The van der Waals surface area contributed by atoms with Crippen LogP contribution in [-0.2, 0) is 0 Å². The Bertz CT molecular complexity index is 1160. The lowest BCUT2D eigenvalue weighted by molar-refractivity contribution is 0.102. The molecule has 3 N–H and O–H groups in total. The van der Waals surface area contributed by atoms with Gasteiger partial charge in [-0.2, -0.15) is 4.52 Å². The molecular weight excluding hydrogens is 342 g/mol. The molecule has 7 heteroatoms. The number of aromatic amines is 1. The van der Waals surface area contributed by atoms with Gasteiger partial charge in [-0.05, 0) is 31.2 Å². The van der Waals surface area contributed by atoms with Gasteiger partial charge in [-0.3, -0.25) is 14.7 Å². The summed E-state index contributed by atoms with van der Waals surface area (Å²) < 4.78 is 1.30. The summed E-state index contributed by atoms with van der Waals surface area (Å²) in [6.07, 6.45) is 0. The van der Waals surface area contributed by atoms with E-state index in [-0.39, 0.29) is 11.5 Å². The van der Waals surface area contributed by atoms with Gasteiger partial charge in [0.05, 0.1) is 0 Å². The topological polar surface area (TPSA) is 91.3 Å². The number of hydrogen-bond acceptors (Lipinski definition) is 4. The Morgan fingerprint density at radius 2 is 1.70 bits per heavy atom. The zero-order chi connectivity index (χ0) is 18.8. The van der Waals surface area contributed by atoms with E-state index in [1.807, 2.05) is 36.4 Å². The summed E-state index contributed by atoms with van der Waals surface area (Å²) in [5, 5.41) is 9.05. The van der Waals surface area contributed by atoms with Gasteiger partial charge in [0.1, 0.15) is 5.69 Å². The van der Waals surface area contributed by atoms with Crippen molar-refractivity contribution in [1.29, 1.82) is 0 Å². The molecule has 2 aromatic carbocycles. The average Bonchev–Trinajstić information content (AvgIpc) is 3.01. The Morgan fingerprint density at radius 1 is 1.04 bits per heavy atom. The molecule has 0 aliphatic carbocycles. The molecule has 1 amide bonds. The molecular formula is C20H17N5O2. The molecule has 0 aliphatic rings. The number of rotatable bonds is 4. The highest BCUT2D eigenvalue weighted by molar-refractivity contribution is 6.08. The van der Waals surface area contributed by atoms with E-state index in [0.717, 1.165) is 5.69 Å². The Balaban J connectivity index is 1.81. The van der Waals surface area contributed by atoms with Crippen molar-refractivity contribution in [2.24, 2.45) is 0 Å². The number of aryl methyl sites for hydroxylation is 1. The highest BCUT2D eigenvalue weighted by Gasteiger charge is 2.18. The number of nitrogens with one attached hydrogen (secondary N) is 3. The molecule has 2 aromatic heterocycles. The first kappa shape index (κ1) is 16.6. The van der Waals surface area contributed by atoms with E-state index in [9.17, 15) is 9.59 Å². The van der Waals surface area contributed by atoms with Crippen LogP contribution in [0.3, 0.4) is 0 Å². The van der Waals surface area contributed by atoms with Gasteiger partial charge in [-0.15, -0.1) is 0 Å². The fourth-order valence-electron chi connectivity index (χ4n) is 2.80. The van der Waals surface area contributed by atoms with E-state index in [4.69, 9.17) is 0 Å². The molecule has 0 saturated heterocycles. The van der Waals surface area contributed by atoms with Crippen LogP contribution in [0.15, 0.2) is 71.5 Å². The van der Waals surface area contributed by atoms with Crippen molar-refractivity contribution < 1.29 is 4.79 Å². The maximum Gasteiger partial charge on any atom is 0.273 e. The minimum atomic E-state index is -0.288. The maximum absolute atomic E-state index is 12.7. The van der Waals surface area contributed by atoms with Crippen LogP contribution in [0.1, 0.15) is 16.1 Å². The standard InChI is InChI=1S/C20H17N5O2/c1-13-12-16(26)25-19(21-13)17(23-20(27)14-8-4-2-5-9-14)18(24-25)22-15-10-6-3-7-11-15/h2-12,22,24H,1H3,(H,23,27). The number of anilines is 3. The molecule has 0 saturated carbocycles. The molecule has 4 aromatic rings. The van der Waals surface area contributed by atoms with Crippen LogP contribution < -0.4 is 16.2 Å². The monoisotopic (exact) mass is 359 g/mol. The van der Waals surface area contributed by atoms with Crippen LogP contribution >= 0.6 is 0 Å². The van der Waals surface area contributed by atoms with Gasteiger partial charge in [0.2, 0.25) is 0 Å². The molecule has 0 aliphatic heterocycles. The van der Waals surface area contributed by atoms with Gasteiger partial charge < -0.3 is 10.6 Å². The minimum absolute atomic E-state index is 0.256. The van der Waals surface area contributed by atoms with Crippen LogP contribution in [0.2, 0.25) is 0 Å². The van der Waals surface area contributed by atoms with Gasteiger partial charge in [0.25, 0.3) is 11.5 Å². The summed E-state index contributed by atoms with van der Waals surface area (Å²) in [7, 11) is 0. The average molecular weight is 359 g/mol. The highest BCUT2D eigenvalue weighted by Crippen LogP contribution is 2.28. The van der Waals surface area contributed by atoms with Crippen LogP contribution in [0.5, 0.6) is 0 Å². The van der Waals surface area contributed by atoms with E-state index in [2.05, 4.69) is 20.7 Å². The van der Waals surface area contributed by atoms with E-state index < -0.39 is 0 Å². The summed E-state index contributed by atoms with van der Waals surface area (Å²) in [5.41, 5.74) is 2.40. The molecule has 0 radical (unpaired) electrons. The number of hydrogen-bond donors (Lipinski definition) is 3. The molecule has 0 spiro atoms. The summed E-state index contributed by atoms with van der Waals surface area (Å²) in [6.45, 7) is 1.74. The molecule has 0 fully saturated rings. The van der Waals surface area contributed by atoms with Gasteiger partial charge in [0, 0.05) is 23.0 Å². The number of carbonyl (C=O) groups excluding carboxylic acids is 1. The molecule has 27 heavy (non-hydrogen) atoms. The maximum atomic E-state index is 12.7. The molecule has 0 bridgehead atoms. The van der Waals surface area contributed by atoms with Crippen LogP contribution in [0.25, 0.3) is 5.65 Å². The Labute approximate surface area is 154 Å². The third kappa shape index (κ3) is 3.30. The van der Waals surface area contributed by atoms with E-state index in [0.29, 0.717) is 28.4 Å². The number of carbonyl (C=O) groups is 1. The van der Waals surface area contributed by atoms with E-state index in [1.54, 1.807) is 31.2 Å². The second-order valence-corrected chi connectivity index (χ2v) is 6.07. The fraction of sp³-hybridized carbons (Fsp3) is 0.0500. The molecule has 4 rings (SSSR count). The largest absolute Gasteiger partial charge is 0.339 e. The van der Waals surface area contributed by atoms with Crippen molar-refractivity contribution in [1.82, 2.24) is 14.6 Å². The molecule has 7 nitrogen and oxygen atoms in total. The number of amides is 1. The first-order valence-electron chi connectivity index (χ1n) is 8.42. The highest BCUT2D eigenvalue weighted by atomic mass is 16.2. The smallest absolute Gasteiger partial charge is 0.273 e. The van der Waals surface area contributed by atoms with E-state index >= 15 is 0 Å². The molecule has 0 unspecified atom stereocenters. The first-order valence-corrected chi connectivity index (χ1v) is 8.42. The lowest BCUT2D eigenvalue weighted by Gasteiger charge is -2.08. The second-order valence-electron chi connectivity index (χ2n) is 6.07. The Hall–Kier alpha value is -3.87. The van der Waals surface area contributed by atoms with Crippen molar-refractivity contribution >= 4 is 28.7 Å². The van der Waals surface area contributed by atoms with Crippen molar-refractivity contribution in [2.45, 2.75) is 6.92 Å². The third-order valence-corrected chi connectivity index (χ3v) is 4.06. The molecule has 2 heterocycles. The summed E-state index contributed by atoms with van der Waals surface area (Å²) in [5.74, 6) is 0.185. The van der Waals surface area contributed by atoms with Crippen molar-refractivity contribution in [3.8, 4) is 0 Å². The fourth-order valence-corrected chi connectivity index (χ4v) is 2.80. The van der Waals surface area contributed by atoms with Crippen LogP contribution in [-0.4, -0.2) is 20.5 Å². The van der Waals surface area contributed by atoms with Crippen molar-refractivity contribution in [3.63, 3.8) is 0 Å². The number of aromatic nitrogens is 3. The molecule has 0 atom stereocenters. The number of benzene rings is 2. The summed E-state index contributed by atoms with van der Waals surface area (Å²) in [4.78, 5) is 29.4. The van der Waals surface area contributed by atoms with Gasteiger partial charge >= 0.3 is 0 Å². The van der Waals surface area contributed by atoms with Crippen LogP contribution in [0, 0.1) is 6.92 Å². The zero-order valence-corrected chi connectivity index (χ0v) is 14.6. The summed E-state index contributed by atoms with van der Waals surface area (Å²) in [6, 6.07) is 19.8. The zero-order valence-electron chi connectivity index (χ0n) is 14.6. The number of H-pyrrole nitrogens is 1. The van der Waals surface area contributed by atoms with E-state index in [1.165, 1.54) is 10.6 Å². The number of para-hydroxylation sites is 1. The van der Waals surface area contributed by atoms with Crippen molar-refractivity contribution in [3.05, 3.63) is 88.3 Å². The predicted octanol–water partition coefficient (Wildman–Crippen LogP) is 3.33. The van der Waals surface area contributed by atoms with Crippen LogP contribution in [0.4, 0.5) is 17.2 Å². The van der Waals surface area contributed by atoms with Gasteiger partial charge in [-0.1, -0.05) is 36.4 Å². The normalized spacial score (nSPS) is 10.7. The molecule has 134 valence electrons. The minimum Gasteiger partial charge on any atom is -0.339 e. The first-order chi connectivity index (χ1) is 13.1. The Kier molecular flexibility index (Phi) is 4.18. The van der Waals surface area contributed by atoms with Gasteiger partial charge in [0.15, 0.2) is 11.5 Å². The SMILES string of the molecule is Cc1cc(=O)n2[nH]c(Nc3ccccc3)c(NC(=O)c3ccccc3)c2n1. The second kappa shape index (κ2) is 6.80. The quantitative estimate of drug-likeness (QED) is 0.521. The number of fused-ring (bicyclic) bond motifs is 1. The lowest BCUT2D eigenvalue weighted by Crippen LogP contribution is -2.16. The Morgan fingerprint density at radius 3 is 2.41 bits per heavy atom. The predicted molar refractivity (Wildman–Crippen MR) is 105 cm³/mol. The van der Waals surface area contributed by atoms with Gasteiger partial charge in [-0.25, -0.2) is 4.98 Å².